The van der Waals surface area contributed by atoms with Crippen LogP contribution in [0.1, 0.15) is 36.2 Å². The molecule has 0 fully saturated rings. The monoisotopic (exact) mass is 224 g/mol. The second kappa shape index (κ2) is 3.47. The zero-order valence-electron chi connectivity index (χ0n) is 9.21. The Morgan fingerprint density at radius 3 is 2.81 bits per heavy atom. The molecule has 86 valence electrons. The predicted octanol–water partition coefficient (Wildman–Crippen LogP) is 2.63. The summed E-state index contributed by atoms with van der Waals surface area (Å²) in [4.78, 5) is 10.8. The van der Waals surface area contributed by atoms with Gasteiger partial charge in [-0.05, 0) is 38.8 Å². The molecule has 2 rings (SSSR count). The van der Waals surface area contributed by atoms with Crippen LogP contribution in [0, 0.1) is 5.82 Å². The van der Waals surface area contributed by atoms with E-state index in [0.29, 0.717) is 24.2 Å². The highest BCUT2D eigenvalue weighted by atomic mass is 19.1. The van der Waals surface area contributed by atoms with Gasteiger partial charge >= 0.3 is 5.97 Å². The minimum absolute atomic E-state index is 0.290. The van der Waals surface area contributed by atoms with E-state index in [9.17, 15) is 9.18 Å². The third-order valence-corrected chi connectivity index (χ3v) is 2.79. The Hall–Kier alpha value is -1.58. The number of carboxylic acid groups (broad SMARTS) is 1. The molecule has 1 aromatic carbocycles. The van der Waals surface area contributed by atoms with Crippen molar-refractivity contribution in [3.63, 3.8) is 0 Å². The van der Waals surface area contributed by atoms with Crippen molar-refractivity contribution in [3.8, 4) is 5.75 Å². The van der Waals surface area contributed by atoms with Crippen molar-refractivity contribution in [2.75, 3.05) is 0 Å². The van der Waals surface area contributed by atoms with Crippen molar-refractivity contribution < 1.29 is 19.0 Å². The molecule has 1 aromatic rings. The Morgan fingerprint density at radius 1 is 1.50 bits per heavy atom. The molecule has 3 nitrogen and oxygen atoms in total. The van der Waals surface area contributed by atoms with E-state index in [1.54, 1.807) is 0 Å². The van der Waals surface area contributed by atoms with Crippen LogP contribution in [0.5, 0.6) is 5.75 Å². The van der Waals surface area contributed by atoms with E-state index in [2.05, 4.69) is 0 Å². The molecule has 0 saturated carbocycles. The molecule has 16 heavy (non-hydrogen) atoms. The SMILES string of the molecule is CC1(C)CCc2c(ccc(C(=O)O)c2F)O1. The van der Waals surface area contributed by atoms with E-state index in [4.69, 9.17) is 9.84 Å². The van der Waals surface area contributed by atoms with E-state index in [-0.39, 0.29) is 11.2 Å². The number of rotatable bonds is 1. The van der Waals surface area contributed by atoms with Gasteiger partial charge in [0.2, 0.25) is 0 Å². The Kier molecular flexibility index (Phi) is 2.37. The van der Waals surface area contributed by atoms with Crippen LogP contribution in [0.2, 0.25) is 0 Å². The molecule has 0 spiro atoms. The predicted molar refractivity (Wildman–Crippen MR) is 56.4 cm³/mol. The first-order valence-corrected chi connectivity index (χ1v) is 5.14. The zero-order valence-corrected chi connectivity index (χ0v) is 9.21. The van der Waals surface area contributed by atoms with Crippen LogP contribution in [-0.2, 0) is 6.42 Å². The van der Waals surface area contributed by atoms with Gasteiger partial charge in [-0.2, -0.15) is 0 Å². The van der Waals surface area contributed by atoms with Gasteiger partial charge in [-0.3, -0.25) is 0 Å². The quantitative estimate of drug-likeness (QED) is 0.797. The van der Waals surface area contributed by atoms with Crippen LogP contribution >= 0.6 is 0 Å². The summed E-state index contributed by atoms with van der Waals surface area (Å²) in [5.74, 6) is -1.45. The fourth-order valence-corrected chi connectivity index (χ4v) is 1.87. The second-order valence-electron chi connectivity index (χ2n) is 4.57. The lowest BCUT2D eigenvalue weighted by Gasteiger charge is -2.32. The summed E-state index contributed by atoms with van der Waals surface area (Å²) in [5.41, 5.74) is -0.231. The van der Waals surface area contributed by atoms with Crippen LogP contribution in [0.15, 0.2) is 12.1 Å². The average Bonchev–Trinajstić information content (AvgIpc) is 2.15. The number of benzene rings is 1. The van der Waals surface area contributed by atoms with Crippen molar-refractivity contribution in [2.45, 2.75) is 32.3 Å². The molecule has 0 atom stereocenters. The average molecular weight is 224 g/mol. The van der Waals surface area contributed by atoms with E-state index < -0.39 is 11.8 Å². The molecule has 0 amide bonds. The Balaban J connectivity index is 2.49. The maximum atomic E-state index is 13.8. The normalized spacial score (nSPS) is 17.4. The minimum atomic E-state index is -1.25. The molecule has 1 heterocycles. The van der Waals surface area contributed by atoms with E-state index in [1.165, 1.54) is 12.1 Å². The number of carbonyl (C=O) groups is 1. The lowest BCUT2D eigenvalue weighted by Crippen LogP contribution is -2.33. The summed E-state index contributed by atoms with van der Waals surface area (Å²) in [7, 11) is 0. The lowest BCUT2D eigenvalue weighted by atomic mass is 9.93. The lowest BCUT2D eigenvalue weighted by molar-refractivity contribution is 0.0688. The number of aromatic carboxylic acids is 1. The first kappa shape index (κ1) is 10.9. The molecular weight excluding hydrogens is 211 g/mol. The topological polar surface area (TPSA) is 46.5 Å². The van der Waals surface area contributed by atoms with Gasteiger partial charge in [0.1, 0.15) is 17.2 Å². The maximum Gasteiger partial charge on any atom is 0.338 e. The van der Waals surface area contributed by atoms with Gasteiger partial charge in [0, 0.05) is 5.56 Å². The van der Waals surface area contributed by atoms with Gasteiger partial charge < -0.3 is 9.84 Å². The second-order valence-corrected chi connectivity index (χ2v) is 4.57. The zero-order chi connectivity index (χ0) is 11.9. The number of halogens is 1. The maximum absolute atomic E-state index is 13.8. The van der Waals surface area contributed by atoms with Gasteiger partial charge in [-0.15, -0.1) is 0 Å². The Morgan fingerprint density at radius 2 is 2.19 bits per heavy atom. The molecule has 0 bridgehead atoms. The smallest absolute Gasteiger partial charge is 0.338 e. The van der Waals surface area contributed by atoms with Gasteiger partial charge in [0.05, 0.1) is 5.56 Å². The molecule has 0 unspecified atom stereocenters. The molecule has 1 N–H and O–H groups in total. The van der Waals surface area contributed by atoms with E-state index in [1.807, 2.05) is 13.8 Å². The van der Waals surface area contributed by atoms with Crippen molar-refractivity contribution in [1.29, 1.82) is 0 Å². The van der Waals surface area contributed by atoms with Crippen molar-refractivity contribution >= 4 is 5.97 Å². The molecule has 1 aliphatic rings. The first-order valence-electron chi connectivity index (χ1n) is 5.14. The number of hydrogen-bond acceptors (Lipinski definition) is 2. The van der Waals surface area contributed by atoms with Gasteiger partial charge in [-0.1, -0.05) is 0 Å². The summed E-state index contributed by atoms with van der Waals surface area (Å²) in [5, 5.41) is 8.79. The highest BCUT2D eigenvalue weighted by Gasteiger charge is 2.30. The number of fused-ring (bicyclic) bond motifs is 1. The minimum Gasteiger partial charge on any atom is -0.487 e. The van der Waals surface area contributed by atoms with Crippen molar-refractivity contribution in [1.82, 2.24) is 0 Å². The van der Waals surface area contributed by atoms with Crippen molar-refractivity contribution in [2.24, 2.45) is 0 Å². The molecule has 0 saturated heterocycles. The third kappa shape index (κ3) is 1.75. The fourth-order valence-electron chi connectivity index (χ4n) is 1.87. The number of hydrogen-bond donors (Lipinski definition) is 1. The summed E-state index contributed by atoms with van der Waals surface area (Å²) in [6.45, 7) is 3.86. The van der Waals surface area contributed by atoms with Crippen LogP contribution < -0.4 is 4.74 Å². The third-order valence-electron chi connectivity index (χ3n) is 2.79. The summed E-state index contributed by atoms with van der Waals surface area (Å²) < 4.78 is 19.4. The summed E-state index contributed by atoms with van der Waals surface area (Å²) >= 11 is 0. The molecule has 0 aromatic heterocycles. The van der Waals surface area contributed by atoms with E-state index >= 15 is 0 Å². The highest BCUT2D eigenvalue weighted by Crippen LogP contribution is 2.35. The first-order chi connectivity index (χ1) is 7.41. The Labute approximate surface area is 92.9 Å². The van der Waals surface area contributed by atoms with Crippen LogP contribution in [0.25, 0.3) is 0 Å². The highest BCUT2D eigenvalue weighted by molar-refractivity contribution is 5.88. The van der Waals surface area contributed by atoms with Gasteiger partial charge in [0.15, 0.2) is 0 Å². The molecule has 1 aliphatic heterocycles. The van der Waals surface area contributed by atoms with Gasteiger partial charge in [0.25, 0.3) is 0 Å². The largest absolute Gasteiger partial charge is 0.487 e. The molecule has 0 aliphatic carbocycles. The fraction of sp³-hybridized carbons (Fsp3) is 0.417. The molecular formula is C12H13FO3. The standard InChI is InChI=1S/C12H13FO3/c1-12(2)6-5-7-9(16-12)4-3-8(10(7)13)11(14)15/h3-4H,5-6H2,1-2H3,(H,14,15). The number of carboxylic acids is 1. The summed E-state index contributed by atoms with van der Waals surface area (Å²) in [6.07, 6.45) is 1.19. The van der Waals surface area contributed by atoms with Crippen LogP contribution in [0.3, 0.4) is 0 Å². The van der Waals surface area contributed by atoms with E-state index in [0.717, 1.165) is 0 Å². The van der Waals surface area contributed by atoms with Crippen LogP contribution in [0.4, 0.5) is 4.39 Å². The van der Waals surface area contributed by atoms with Crippen LogP contribution in [-0.4, -0.2) is 16.7 Å². The Bertz CT molecular complexity index is 452. The molecule has 4 heteroatoms. The number of ether oxygens (including phenoxy) is 1. The van der Waals surface area contributed by atoms with Gasteiger partial charge in [-0.25, -0.2) is 9.18 Å². The summed E-state index contributed by atoms with van der Waals surface area (Å²) in [6, 6.07) is 2.78. The van der Waals surface area contributed by atoms with Crippen molar-refractivity contribution in [3.05, 3.63) is 29.1 Å². The molecule has 0 radical (unpaired) electrons.